The summed E-state index contributed by atoms with van der Waals surface area (Å²) < 4.78 is 5.60. The van der Waals surface area contributed by atoms with Crippen molar-refractivity contribution in [3.8, 4) is 6.07 Å². The van der Waals surface area contributed by atoms with Crippen LogP contribution in [0.4, 0.5) is 0 Å². The molecular formula is C25H30N2O3. The van der Waals surface area contributed by atoms with Gasteiger partial charge in [-0.3, -0.25) is 9.59 Å². The average Bonchev–Trinajstić information content (AvgIpc) is 3.57. The zero-order valence-electron chi connectivity index (χ0n) is 17.7. The van der Waals surface area contributed by atoms with Gasteiger partial charge in [0.25, 0.3) is 5.91 Å². The first-order valence-corrected chi connectivity index (χ1v) is 11.3. The van der Waals surface area contributed by atoms with Crippen LogP contribution in [0.2, 0.25) is 0 Å². The minimum absolute atomic E-state index is 0.0674. The van der Waals surface area contributed by atoms with E-state index < -0.39 is 11.0 Å². The molecule has 1 aromatic carbocycles. The second-order valence-electron chi connectivity index (χ2n) is 10.6. The monoisotopic (exact) mass is 406 g/mol. The number of carbonyl (C=O) groups excluding carboxylic acids is 2. The molecule has 0 radical (unpaired) electrons. The van der Waals surface area contributed by atoms with Gasteiger partial charge in [0.2, 0.25) is 0 Å². The lowest BCUT2D eigenvalue weighted by Gasteiger charge is -2.61. The highest BCUT2D eigenvalue weighted by Crippen LogP contribution is 2.66. The molecule has 158 valence electrons. The third kappa shape index (κ3) is 3.21. The highest BCUT2D eigenvalue weighted by molar-refractivity contribution is 5.84. The normalized spacial score (nSPS) is 35.9. The Bertz CT molecular complexity index is 887. The van der Waals surface area contributed by atoms with Crippen molar-refractivity contribution in [1.82, 2.24) is 5.32 Å². The predicted octanol–water partition coefficient (Wildman–Crippen LogP) is 3.88. The molecule has 4 bridgehead atoms. The van der Waals surface area contributed by atoms with E-state index in [0.29, 0.717) is 11.8 Å². The Kier molecular flexibility index (Phi) is 4.47. The van der Waals surface area contributed by atoms with Crippen molar-refractivity contribution < 1.29 is 14.3 Å². The van der Waals surface area contributed by atoms with Crippen LogP contribution < -0.4 is 5.32 Å². The molecule has 0 aliphatic heterocycles. The maximum atomic E-state index is 13.3. The van der Waals surface area contributed by atoms with E-state index in [4.69, 9.17) is 4.74 Å². The van der Waals surface area contributed by atoms with Gasteiger partial charge in [0, 0.05) is 0 Å². The van der Waals surface area contributed by atoms with Gasteiger partial charge in [-0.15, -0.1) is 0 Å². The largest absolute Gasteiger partial charge is 0.455 e. The molecule has 30 heavy (non-hydrogen) atoms. The minimum atomic E-state index is -0.860. The summed E-state index contributed by atoms with van der Waals surface area (Å²) in [6.07, 6.45) is 8.04. The first kappa shape index (κ1) is 19.6. The fourth-order valence-corrected chi connectivity index (χ4v) is 7.12. The second-order valence-corrected chi connectivity index (χ2v) is 10.6. The van der Waals surface area contributed by atoms with Gasteiger partial charge in [-0.2, -0.15) is 5.26 Å². The number of esters is 1. The van der Waals surface area contributed by atoms with E-state index in [-0.39, 0.29) is 29.8 Å². The first-order valence-electron chi connectivity index (χ1n) is 11.3. The Morgan fingerprint density at radius 1 is 1.17 bits per heavy atom. The molecule has 2 unspecified atom stereocenters. The minimum Gasteiger partial charge on any atom is -0.455 e. The molecule has 0 saturated heterocycles. The molecule has 5 fully saturated rings. The number of benzene rings is 1. The SMILES string of the molecule is C[C@](C#N)(NC(=O)COC(=O)C12C[C@H]3C[C@@H](C1)CC(c1ccccc1)(C3)C2)C1CC1. The van der Waals surface area contributed by atoms with Crippen LogP contribution in [0.3, 0.4) is 0 Å². The van der Waals surface area contributed by atoms with Gasteiger partial charge in [0.1, 0.15) is 5.54 Å². The summed E-state index contributed by atoms with van der Waals surface area (Å²) in [6.45, 7) is 1.46. The highest BCUT2D eigenvalue weighted by atomic mass is 16.5. The van der Waals surface area contributed by atoms with Crippen LogP contribution in [0.15, 0.2) is 30.3 Å². The van der Waals surface area contributed by atoms with Crippen molar-refractivity contribution in [3.63, 3.8) is 0 Å². The average molecular weight is 407 g/mol. The lowest BCUT2D eigenvalue weighted by molar-refractivity contribution is -0.175. The number of amides is 1. The third-order valence-electron chi connectivity index (χ3n) is 8.24. The Labute approximate surface area is 178 Å². The van der Waals surface area contributed by atoms with Gasteiger partial charge >= 0.3 is 5.97 Å². The molecule has 5 nitrogen and oxygen atoms in total. The van der Waals surface area contributed by atoms with E-state index in [2.05, 4.69) is 35.7 Å². The molecule has 1 N–H and O–H groups in total. The van der Waals surface area contributed by atoms with Crippen molar-refractivity contribution in [3.05, 3.63) is 35.9 Å². The van der Waals surface area contributed by atoms with Crippen molar-refractivity contribution in [2.75, 3.05) is 6.61 Å². The van der Waals surface area contributed by atoms with E-state index in [1.54, 1.807) is 6.92 Å². The zero-order valence-corrected chi connectivity index (χ0v) is 17.7. The molecule has 1 amide bonds. The molecule has 0 spiro atoms. The third-order valence-corrected chi connectivity index (χ3v) is 8.24. The fraction of sp³-hybridized carbons (Fsp3) is 0.640. The second kappa shape index (κ2) is 6.83. The number of ether oxygens (including phenoxy) is 1. The molecule has 6 rings (SSSR count). The summed E-state index contributed by atoms with van der Waals surface area (Å²) in [7, 11) is 0. The summed E-state index contributed by atoms with van der Waals surface area (Å²) >= 11 is 0. The standard InChI is InChI=1S/C25H30N2O3/c1-23(16-26,19-7-8-19)27-21(28)14-30-22(29)25-12-17-9-18(13-25)11-24(10-17,15-25)20-5-3-2-4-6-20/h2-6,17-19H,7-15H2,1H3,(H,27,28)/t17-,18+,23-,24?,25?/m1/s1. The van der Waals surface area contributed by atoms with Crippen molar-refractivity contribution in [1.29, 1.82) is 5.26 Å². The van der Waals surface area contributed by atoms with E-state index in [9.17, 15) is 14.9 Å². The molecule has 5 aliphatic carbocycles. The van der Waals surface area contributed by atoms with Gasteiger partial charge in [-0.25, -0.2) is 0 Å². The quantitative estimate of drug-likeness (QED) is 0.727. The van der Waals surface area contributed by atoms with Gasteiger partial charge in [0.05, 0.1) is 11.5 Å². The first-order chi connectivity index (χ1) is 14.4. The summed E-state index contributed by atoms with van der Waals surface area (Å²) in [6, 6.07) is 12.9. The van der Waals surface area contributed by atoms with Crippen LogP contribution in [-0.2, 0) is 19.7 Å². The molecule has 0 heterocycles. The van der Waals surface area contributed by atoms with Crippen LogP contribution in [-0.4, -0.2) is 24.0 Å². The van der Waals surface area contributed by atoms with E-state index in [1.807, 2.05) is 6.07 Å². The molecule has 0 aromatic heterocycles. The number of carbonyl (C=O) groups is 2. The van der Waals surface area contributed by atoms with E-state index in [0.717, 1.165) is 44.9 Å². The van der Waals surface area contributed by atoms with Crippen LogP contribution in [0.5, 0.6) is 0 Å². The Balaban J connectivity index is 1.29. The van der Waals surface area contributed by atoms with Gasteiger partial charge in [-0.1, -0.05) is 30.3 Å². The molecular weight excluding hydrogens is 376 g/mol. The molecule has 5 aliphatic rings. The highest BCUT2D eigenvalue weighted by Gasteiger charge is 2.61. The number of rotatable bonds is 6. The molecule has 5 saturated carbocycles. The lowest BCUT2D eigenvalue weighted by Crippen LogP contribution is -2.57. The molecule has 5 atom stereocenters. The Morgan fingerprint density at radius 2 is 1.83 bits per heavy atom. The van der Waals surface area contributed by atoms with Crippen molar-refractivity contribution >= 4 is 11.9 Å². The molecule has 5 heteroatoms. The van der Waals surface area contributed by atoms with Crippen LogP contribution in [0.1, 0.15) is 63.9 Å². The Hall–Kier alpha value is -2.35. The summed E-state index contributed by atoms with van der Waals surface area (Å²) in [4.78, 5) is 25.7. The number of nitriles is 1. The van der Waals surface area contributed by atoms with Crippen LogP contribution >= 0.6 is 0 Å². The van der Waals surface area contributed by atoms with Gasteiger partial charge < -0.3 is 10.1 Å². The van der Waals surface area contributed by atoms with Gasteiger partial charge in [-0.05, 0) is 87.0 Å². The number of nitrogens with zero attached hydrogens (tertiary/aromatic N) is 1. The number of nitrogens with one attached hydrogen (secondary N) is 1. The summed E-state index contributed by atoms with van der Waals surface area (Å²) in [5.41, 5.74) is 0.0950. The van der Waals surface area contributed by atoms with Crippen molar-refractivity contribution in [2.45, 2.75) is 69.2 Å². The number of hydrogen-bond donors (Lipinski definition) is 1. The predicted molar refractivity (Wildman–Crippen MR) is 111 cm³/mol. The number of hydrogen-bond acceptors (Lipinski definition) is 4. The topological polar surface area (TPSA) is 79.2 Å². The Morgan fingerprint density at radius 3 is 2.43 bits per heavy atom. The van der Waals surface area contributed by atoms with E-state index in [1.165, 1.54) is 12.0 Å². The van der Waals surface area contributed by atoms with Gasteiger partial charge in [0.15, 0.2) is 6.61 Å². The maximum absolute atomic E-state index is 13.3. The fourth-order valence-electron chi connectivity index (χ4n) is 7.12. The van der Waals surface area contributed by atoms with Crippen LogP contribution in [0.25, 0.3) is 0 Å². The molecule has 1 aromatic rings. The smallest absolute Gasteiger partial charge is 0.312 e. The van der Waals surface area contributed by atoms with Crippen LogP contribution in [0, 0.1) is 34.5 Å². The van der Waals surface area contributed by atoms with E-state index >= 15 is 0 Å². The summed E-state index contributed by atoms with van der Waals surface area (Å²) in [5.74, 6) is 0.740. The maximum Gasteiger partial charge on any atom is 0.312 e. The summed E-state index contributed by atoms with van der Waals surface area (Å²) in [5, 5.41) is 12.2. The zero-order chi connectivity index (χ0) is 21.0. The lowest BCUT2D eigenvalue weighted by atomic mass is 9.43. The van der Waals surface area contributed by atoms with Crippen molar-refractivity contribution in [2.24, 2.45) is 23.2 Å².